The lowest BCUT2D eigenvalue weighted by molar-refractivity contribution is -0.211. The summed E-state index contributed by atoms with van der Waals surface area (Å²) in [6.45, 7) is 14.2. The average Bonchev–Trinajstić information content (AvgIpc) is 2.81. The number of aryl methyl sites for hydroxylation is 1. The number of piperidine rings is 3. The summed E-state index contributed by atoms with van der Waals surface area (Å²) >= 11 is 0. The minimum Gasteiger partial charge on any atom is -0.454 e. The molecular formula is C29H38N2O3. The first-order chi connectivity index (χ1) is 16.2. The molecule has 34 heavy (non-hydrogen) atoms. The maximum absolute atomic E-state index is 13.8. The Labute approximate surface area is 203 Å². The van der Waals surface area contributed by atoms with E-state index in [1.165, 1.54) is 12.0 Å². The molecule has 4 fully saturated rings. The van der Waals surface area contributed by atoms with Crippen LogP contribution in [0.5, 0.6) is 0 Å². The van der Waals surface area contributed by atoms with Gasteiger partial charge in [0.25, 0.3) is 0 Å². The number of ether oxygens (including phenoxy) is 2. The Morgan fingerprint density at radius 1 is 1.29 bits per heavy atom. The molecule has 2 aromatic rings. The normalized spacial score (nSPS) is 33.4. The van der Waals surface area contributed by atoms with E-state index < -0.39 is 5.60 Å². The van der Waals surface area contributed by atoms with Crippen LogP contribution in [0, 0.1) is 18.8 Å². The Kier molecular flexibility index (Phi) is 6.06. The molecule has 0 radical (unpaired) electrons. The summed E-state index contributed by atoms with van der Waals surface area (Å²) in [4.78, 5) is 20.9. The van der Waals surface area contributed by atoms with Gasteiger partial charge >= 0.3 is 5.97 Å². The van der Waals surface area contributed by atoms with Crippen LogP contribution in [0.2, 0.25) is 0 Å². The summed E-state index contributed by atoms with van der Waals surface area (Å²) in [7, 11) is 0. The fourth-order valence-corrected chi connectivity index (χ4v) is 6.52. The van der Waals surface area contributed by atoms with Crippen LogP contribution in [-0.2, 0) is 14.3 Å². The predicted octanol–water partition coefficient (Wildman–Crippen LogP) is 5.76. The number of benzene rings is 1. The van der Waals surface area contributed by atoms with Crippen molar-refractivity contribution in [1.82, 2.24) is 9.88 Å². The predicted molar refractivity (Wildman–Crippen MR) is 135 cm³/mol. The minimum absolute atomic E-state index is 0.144. The lowest BCUT2D eigenvalue weighted by Gasteiger charge is -2.51. The van der Waals surface area contributed by atoms with Crippen LogP contribution < -0.4 is 0 Å². The van der Waals surface area contributed by atoms with Crippen LogP contribution in [0.15, 0.2) is 43.1 Å². The van der Waals surface area contributed by atoms with Crippen LogP contribution in [0.3, 0.4) is 0 Å². The zero-order valence-corrected chi connectivity index (χ0v) is 21.0. The topological polar surface area (TPSA) is 51.7 Å². The molecule has 0 amide bonds. The molecule has 5 heterocycles. The van der Waals surface area contributed by atoms with Crippen LogP contribution in [-0.4, -0.2) is 46.2 Å². The molecule has 1 aromatic carbocycles. The minimum atomic E-state index is -0.925. The highest BCUT2D eigenvalue weighted by Crippen LogP contribution is 2.45. The molecule has 0 spiro atoms. The SMILES string of the molecule is C=CC1CN2CC[C@H]1C[C@H]2[C@H](OC(=O)C1(C)CCCC(C)(C)O1)c1ccnc2ccc(C)cc12. The Balaban J connectivity index is 1.53. The van der Waals surface area contributed by atoms with Crippen LogP contribution >= 0.6 is 0 Å². The van der Waals surface area contributed by atoms with Crippen molar-refractivity contribution in [1.29, 1.82) is 0 Å². The second-order valence-electron chi connectivity index (χ2n) is 11.4. The van der Waals surface area contributed by atoms with Crippen molar-refractivity contribution >= 4 is 16.9 Å². The van der Waals surface area contributed by atoms with E-state index in [0.29, 0.717) is 18.3 Å². The van der Waals surface area contributed by atoms with E-state index in [1.807, 2.05) is 19.2 Å². The molecule has 4 saturated heterocycles. The summed E-state index contributed by atoms with van der Waals surface area (Å²) in [5.41, 5.74) is 1.91. The molecule has 4 aliphatic rings. The fourth-order valence-electron chi connectivity index (χ4n) is 6.52. The highest BCUT2D eigenvalue weighted by molar-refractivity contribution is 5.84. The fraction of sp³-hybridized carbons (Fsp3) is 0.586. The zero-order valence-electron chi connectivity index (χ0n) is 21.0. The largest absolute Gasteiger partial charge is 0.454 e. The third-order valence-corrected chi connectivity index (χ3v) is 8.34. The molecule has 3 unspecified atom stereocenters. The van der Waals surface area contributed by atoms with Crippen molar-refractivity contribution < 1.29 is 14.3 Å². The number of hydrogen-bond donors (Lipinski definition) is 0. The van der Waals surface area contributed by atoms with E-state index in [2.05, 4.69) is 61.5 Å². The Morgan fingerprint density at radius 2 is 2.12 bits per heavy atom. The highest BCUT2D eigenvalue weighted by Gasteiger charge is 2.48. The number of carbonyl (C=O) groups excluding carboxylic acids is 1. The summed E-state index contributed by atoms with van der Waals surface area (Å²) in [5.74, 6) is 0.854. The summed E-state index contributed by atoms with van der Waals surface area (Å²) in [6, 6.07) is 8.50. The number of aromatic nitrogens is 1. The van der Waals surface area contributed by atoms with Gasteiger partial charge in [-0.25, -0.2) is 4.79 Å². The van der Waals surface area contributed by atoms with Crippen molar-refractivity contribution in [2.24, 2.45) is 11.8 Å². The van der Waals surface area contributed by atoms with Gasteiger partial charge in [0.1, 0.15) is 6.10 Å². The Morgan fingerprint density at radius 3 is 2.82 bits per heavy atom. The van der Waals surface area contributed by atoms with Gasteiger partial charge in [-0.2, -0.15) is 0 Å². The third kappa shape index (κ3) is 4.29. The van der Waals surface area contributed by atoms with E-state index in [0.717, 1.165) is 48.8 Å². The molecule has 182 valence electrons. The van der Waals surface area contributed by atoms with Crippen LogP contribution in [0.1, 0.15) is 70.1 Å². The molecule has 0 saturated carbocycles. The first-order valence-electron chi connectivity index (χ1n) is 12.8. The van der Waals surface area contributed by atoms with Gasteiger partial charge in [-0.05, 0) is 96.4 Å². The standard InChI is InChI=1S/C29H38N2O3/c1-6-20-18-31-15-11-21(20)17-25(31)26(22-10-14-30-24-9-8-19(2)16-23(22)24)33-27(32)29(5)13-7-12-28(3,4)34-29/h6,8-10,14,16,20-21,25-26H,1,7,11-13,15,17-18H2,2-5H3/t20?,21-,25-,26+,29?/m0/s1. The van der Waals surface area contributed by atoms with Gasteiger partial charge in [0.05, 0.1) is 17.2 Å². The first kappa shape index (κ1) is 23.5. The van der Waals surface area contributed by atoms with E-state index in [9.17, 15) is 4.79 Å². The summed E-state index contributed by atoms with van der Waals surface area (Å²) in [6.07, 6.45) is 8.38. The van der Waals surface area contributed by atoms with Crippen molar-refractivity contribution in [3.8, 4) is 0 Å². The second-order valence-corrected chi connectivity index (χ2v) is 11.4. The molecular weight excluding hydrogens is 424 g/mol. The van der Waals surface area contributed by atoms with Crippen molar-refractivity contribution in [3.05, 3.63) is 54.2 Å². The van der Waals surface area contributed by atoms with Crippen LogP contribution in [0.25, 0.3) is 10.9 Å². The molecule has 1 aromatic heterocycles. The van der Waals surface area contributed by atoms with Gasteiger partial charge in [-0.3, -0.25) is 9.88 Å². The number of pyridine rings is 1. The van der Waals surface area contributed by atoms with E-state index in [-0.39, 0.29) is 23.7 Å². The number of esters is 1. The van der Waals surface area contributed by atoms with Gasteiger partial charge in [-0.15, -0.1) is 6.58 Å². The zero-order chi connectivity index (χ0) is 24.1. The van der Waals surface area contributed by atoms with Gasteiger partial charge in [0.2, 0.25) is 0 Å². The van der Waals surface area contributed by atoms with Crippen molar-refractivity contribution in [2.75, 3.05) is 13.1 Å². The quantitative estimate of drug-likeness (QED) is 0.418. The van der Waals surface area contributed by atoms with Gasteiger partial charge in [0, 0.05) is 23.7 Å². The molecule has 0 aliphatic carbocycles. The maximum atomic E-state index is 13.8. The molecule has 6 rings (SSSR count). The number of rotatable bonds is 5. The lowest BCUT2D eigenvalue weighted by atomic mass is 9.73. The third-order valence-electron chi connectivity index (χ3n) is 8.34. The Bertz CT molecular complexity index is 1100. The average molecular weight is 463 g/mol. The molecule has 0 N–H and O–H groups in total. The monoisotopic (exact) mass is 462 g/mol. The van der Waals surface area contributed by atoms with E-state index in [1.54, 1.807) is 0 Å². The highest BCUT2D eigenvalue weighted by atomic mass is 16.6. The molecule has 5 heteroatoms. The second kappa shape index (κ2) is 8.76. The number of nitrogens with zero attached hydrogens (tertiary/aromatic N) is 2. The molecule has 2 bridgehead atoms. The first-order valence-corrected chi connectivity index (χ1v) is 12.8. The van der Waals surface area contributed by atoms with Gasteiger partial charge < -0.3 is 9.47 Å². The molecule has 4 aliphatic heterocycles. The van der Waals surface area contributed by atoms with Crippen LogP contribution in [0.4, 0.5) is 0 Å². The maximum Gasteiger partial charge on any atom is 0.338 e. The van der Waals surface area contributed by atoms with E-state index in [4.69, 9.17) is 9.47 Å². The van der Waals surface area contributed by atoms with Gasteiger partial charge in [0.15, 0.2) is 5.60 Å². The summed E-state index contributed by atoms with van der Waals surface area (Å²) in [5, 5.41) is 1.07. The molecule has 5 nitrogen and oxygen atoms in total. The van der Waals surface area contributed by atoms with Gasteiger partial charge in [-0.1, -0.05) is 17.7 Å². The number of hydrogen-bond acceptors (Lipinski definition) is 5. The van der Waals surface area contributed by atoms with Crippen molar-refractivity contribution in [3.63, 3.8) is 0 Å². The number of carbonyl (C=O) groups is 1. The lowest BCUT2D eigenvalue weighted by Crippen LogP contribution is -2.56. The smallest absolute Gasteiger partial charge is 0.338 e. The summed E-state index contributed by atoms with van der Waals surface area (Å²) < 4.78 is 12.9. The number of fused-ring (bicyclic) bond motifs is 4. The van der Waals surface area contributed by atoms with E-state index >= 15 is 0 Å². The molecule has 6 atom stereocenters. The van der Waals surface area contributed by atoms with Crippen molar-refractivity contribution in [2.45, 2.75) is 83.1 Å². The Hall–Kier alpha value is -2.24.